The van der Waals surface area contributed by atoms with Crippen LogP contribution in [0.3, 0.4) is 0 Å². The average Bonchev–Trinajstić information content (AvgIpc) is 2.43. The molecule has 1 saturated heterocycles. The van der Waals surface area contributed by atoms with Crippen molar-refractivity contribution in [3.8, 4) is 0 Å². The number of anilines is 2. The second-order valence-electron chi connectivity index (χ2n) is 5.26. The Morgan fingerprint density at radius 3 is 3.00 bits per heavy atom. The maximum Gasteiger partial charge on any atom is 0.224 e. The Morgan fingerprint density at radius 2 is 2.30 bits per heavy atom. The Balaban J connectivity index is 1.88. The summed E-state index contributed by atoms with van der Waals surface area (Å²) in [5.41, 5.74) is 8.22. The fraction of sp³-hybridized carbons (Fsp3) is 0.533. The lowest BCUT2D eigenvalue weighted by atomic mass is 10.0. The van der Waals surface area contributed by atoms with Crippen LogP contribution < -0.4 is 11.1 Å². The topological polar surface area (TPSA) is 64.3 Å². The van der Waals surface area contributed by atoms with Crippen molar-refractivity contribution in [1.29, 1.82) is 0 Å². The van der Waals surface area contributed by atoms with Gasteiger partial charge in [-0.25, -0.2) is 0 Å². The molecule has 0 radical (unpaired) electrons. The molecule has 0 aromatic heterocycles. The van der Waals surface area contributed by atoms with E-state index in [4.69, 9.17) is 10.5 Å². The Kier molecular flexibility index (Phi) is 5.43. The van der Waals surface area contributed by atoms with E-state index in [0.29, 0.717) is 17.8 Å². The van der Waals surface area contributed by atoms with Crippen LogP contribution in [0.15, 0.2) is 16.6 Å². The molecule has 0 bridgehead atoms. The molecule has 1 aliphatic rings. The molecule has 2 rings (SSSR count). The Hall–Kier alpha value is -1.07. The van der Waals surface area contributed by atoms with Gasteiger partial charge in [0.2, 0.25) is 5.91 Å². The third-order valence-electron chi connectivity index (χ3n) is 3.59. The molecule has 0 saturated carbocycles. The molecular formula is C15H21BrN2O2. The molecule has 3 N–H and O–H groups in total. The van der Waals surface area contributed by atoms with Crippen LogP contribution >= 0.6 is 15.9 Å². The molecule has 1 fully saturated rings. The van der Waals surface area contributed by atoms with E-state index in [-0.39, 0.29) is 12.0 Å². The molecule has 1 aromatic carbocycles. The minimum Gasteiger partial charge on any atom is -0.397 e. The predicted octanol–water partition coefficient (Wildman–Crippen LogP) is 3.63. The minimum atomic E-state index is -0.0108. The van der Waals surface area contributed by atoms with Gasteiger partial charge in [-0.05, 0) is 50.3 Å². The number of halogens is 1. The van der Waals surface area contributed by atoms with E-state index in [1.165, 1.54) is 6.42 Å². The zero-order chi connectivity index (χ0) is 14.5. The van der Waals surface area contributed by atoms with Crippen molar-refractivity contribution < 1.29 is 9.53 Å². The number of nitrogens with two attached hydrogens (primary N) is 1. The lowest BCUT2D eigenvalue weighted by molar-refractivity contribution is -0.117. The lowest BCUT2D eigenvalue weighted by Crippen LogP contribution is -2.22. The Morgan fingerprint density at radius 1 is 1.50 bits per heavy atom. The first-order chi connectivity index (χ1) is 9.56. The van der Waals surface area contributed by atoms with E-state index in [0.717, 1.165) is 35.9 Å². The Labute approximate surface area is 128 Å². The predicted molar refractivity (Wildman–Crippen MR) is 84.7 cm³/mol. The second-order valence-corrected chi connectivity index (χ2v) is 6.18. The molecular weight excluding hydrogens is 320 g/mol. The van der Waals surface area contributed by atoms with Crippen molar-refractivity contribution >= 4 is 33.2 Å². The quantitative estimate of drug-likeness (QED) is 0.822. The van der Waals surface area contributed by atoms with Crippen LogP contribution in [0.5, 0.6) is 0 Å². The van der Waals surface area contributed by atoms with Gasteiger partial charge in [0.25, 0.3) is 0 Å². The summed E-state index contributed by atoms with van der Waals surface area (Å²) < 4.78 is 6.54. The Bertz CT molecular complexity index is 485. The SMILES string of the molecule is Cc1cc(Br)cc(NC(=O)CCC2CCCCO2)c1N. The molecule has 110 valence electrons. The first kappa shape index (κ1) is 15.3. The number of nitrogens with one attached hydrogen (secondary N) is 1. The van der Waals surface area contributed by atoms with Crippen molar-refractivity contribution in [2.45, 2.75) is 45.1 Å². The number of rotatable bonds is 4. The fourth-order valence-electron chi connectivity index (χ4n) is 2.40. The number of carbonyl (C=O) groups is 1. The van der Waals surface area contributed by atoms with Gasteiger partial charge in [-0.15, -0.1) is 0 Å². The van der Waals surface area contributed by atoms with Crippen LogP contribution in [0.4, 0.5) is 11.4 Å². The lowest BCUT2D eigenvalue weighted by Gasteiger charge is -2.22. The van der Waals surface area contributed by atoms with Crippen molar-refractivity contribution in [2.75, 3.05) is 17.7 Å². The van der Waals surface area contributed by atoms with Crippen molar-refractivity contribution in [1.82, 2.24) is 0 Å². The number of ether oxygens (including phenoxy) is 1. The zero-order valence-electron chi connectivity index (χ0n) is 11.7. The molecule has 1 amide bonds. The van der Waals surface area contributed by atoms with Crippen LogP contribution in [-0.2, 0) is 9.53 Å². The van der Waals surface area contributed by atoms with E-state index in [1.807, 2.05) is 19.1 Å². The fourth-order valence-corrected chi connectivity index (χ4v) is 2.97. The second kappa shape index (κ2) is 7.09. The normalized spacial score (nSPS) is 18.8. The molecule has 4 nitrogen and oxygen atoms in total. The number of benzene rings is 1. The maximum atomic E-state index is 12.0. The summed E-state index contributed by atoms with van der Waals surface area (Å²) >= 11 is 3.41. The van der Waals surface area contributed by atoms with Gasteiger partial charge in [0.05, 0.1) is 17.5 Å². The van der Waals surface area contributed by atoms with Crippen LogP contribution in [0, 0.1) is 6.92 Å². The monoisotopic (exact) mass is 340 g/mol. The van der Waals surface area contributed by atoms with E-state index in [1.54, 1.807) is 0 Å². The standard InChI is InChI=1S/C15H21BrN2O2/c1-10-8-11(16)9-13(15(10)17)18-14(19)6-5-12-4-2-3-7-20-12/h8-9,12H,2-7,17H2,1H3,(H,18,19). The largest absolute Gasteiger partial charge is 0.397 e. The summed E-state index contributed by atoms with van der Waals surface area (Å²) in [6, 6.07) is 3.76. The maximum absolute atomic E-state index is 12.0. The number of hydrogen-bond acceptors (Lipinski definition) is 3. The van der Waals surface area contributed by atoms with Crippen LogP contribution in [0.2, 0.25) is 0 Å². The summed E-state index contributed by atoms with van der Waals surface area (Å²) in [6.07, 6.45) is 4.87. The molecule has 0 aliphatic carbocycles. The van der Waals surface area contributed by atoms with E-state index in [9.17, 15) is 4.79 Å². The van der Waals surface area contributed by atoms with E-state index >= 15 is 0 Å². The van der Waals surface area contributed by atoms with E-state index in [2.05, 4.69) is 21.2 Å². The number of hydrogen-bond donors (Lipinski definition) is 2. The number of aryl methyl sites for hydroxylation is 1. The van der Waals surface area contributed by atoms with Gasteiger partial charge in [-0.2, -0.15) is 0 Å². The highest BCUT2D eigenvalue weighted by atomic mass is 79.9. The van der Waals surface area contributed by atoms with Gasteiger partial charge < -0.3 is 15.8 Å². The number of amides is 1. The van der Waals surface area contributed by atoms with Crippen LogP contribution in [-0.4, -0.2) is 18.6 Å². The van der Waals surface area contributed by atoms with Gasteiger partial charge in [0.1, 0.15) is 0 Å². The van der Waals surface area contributed by atoms with Gasteiger partial charge in [0.15, 0.2) is 0 Å². The molecule has 0 spiro atoms. The third kappa shape index (κ3) is 4.21. The molecule has 1 heterocycles. The molecule has 1 aliphatic heterocycles. The molecule has 1 atom stereocenters. The van der Waals surface area contributed by atoms with Gasteiger partial charge in [0, 0.05) is 17.5 Å². The first-order valence-corrected chi connectivity index (χ1v) is 7.82. The van der Waals surface area contributed by atoms with E-state index < -0.39 is 0 Å². The van der Waals surface area contributed by atoms with Crippen molar-refractivity contribution in [3.05, 3.63) is 22.2 Å². The van der Waals surface area contributed by atoms with Crippen molar-refractivity contribution in [2.24, 2.45) is 0 Å². The van der Waals surface area contributed by atoms with Crippen LogP contribution in [0.25, 0.3) is 0 Å². The highest BCUT2D eigenvalue weighted by Crippen LogP contribution is 2.27. The number of nitrogen functional groups attached to an aromatic ring is 1. The average molecular weight is 341 g/mol. The number of carbonyl (C=O) groups excluding carboxylic acids is 1. The molecule has 1 unspecified atom stereocenters. The van der Waals surface area contributed by atoms with Gasteiger partial charge in [-0.1, -0.05) is 15.9 Å². The van der Waals surface area contributed by atoms with Gasteiger partial charge in [-0.3, -0.25) is 4.79 Å². The van der Waals surface area contributed by atoms with Gasteiger partial charge >= 0.3 is 0 Å². The summed E-state index contributed by atoms with van der Waals surface area (Å²) in [7, 11) is 0. The smallest absolute Gasteiger partial charge is 0.224 e. The third-order valence-corrected chi connectivity index (χ3v) is 4.05. The minimum absolute atomic E-state index is 0.0108. The zero-order valence-corrected chi connectivity index (χ0v) is 13.3. The molecule has 20 heavy (non-hydrogen) atoms. The summed E-state index contributed by atoms with van der Waals surface area (Å²) in [5, 5.41) is 2.88. The highest BCUT2D eigenvalue weighted by Gasteiger charge is 2.16. The van der Waals surface area contributed by atoms with Crippen molar-refractivity contribution in [3.63, 3.8) is 0 Å². The summed E-state index contributed by atoms with van der Waals surface area (Å²) in [5.74, 6) is -0.0108. The molecule has 5 heteroatoms. The summed E-state index contributed by atoms with van der Waals surface area (Å²) in [4.78, 5) is 12.0. The van der Waals surface area contributed by atoms with Crippen LogP contribution in [0.1, 0.15) is 37.7 Å². The highest BCUT2D eigenvalue weighted by molar-refractivity contribution is 9.10. The first-order valence-electron chi connectivity index (χ1n) is 7.03. The molecule has 1 aromatic rings. The summed E-state index contributed by atoms with van der Waals surface area (Å²) in [6.45, 7) is 2.75.